The maximum Gasteiger partial charge on any atom is 0.243 e. The van der Waals surface area contributed by atoms with Gasteiger partial charge in [0.05, 0.1) is 31.6 Å². The number of rotatable bonds is 5. The molecule has 6 nitrogen and oxygen atoms in total. The highest BCUT2D eigenvalue weighted by Crippen LogP contribution is 2.34. The van der Waals surface area contributed by atoms with E-state index in [0.29, 0.717) is 29.3 Å². The first-order valence-corrected chi connectivity index (χ1v) is 8.47. The van der Waals surface area contributed by atoms with Gasteiger partial charge in [-0.05, 0) is 44.2 Å². The molecule has 0 radical (unpaired) electrons. The predicted octanol–water partition coefficient (Wildman–Crippen LogP) is 3.12. The third-order valence-electron chi connectivity index (χ3n) is 4.23. The zero-order chi connectivity index (χ0) is 18.7. The van der Waals surface area contributed by atoms with E-state index in [1.165, 1.54) is 6.92 Å². The number of carbonyl (C=O) groups excluding carboxylic acids is 2. The third kappa shape index (κ3) is 3.79. The van der Waals surface area contributed by atoms with E-state index in [4.69, 9.17) is 9.47 Å². The maximum atomic E-state index is 12.6. The Morgan fingerprint density at radius 2 is 2.04 bits per heavy atom. The maximum absolute atomic E-state index is 12.6. The molecule has 3 rings (SSSR count). The highest BCUT2D eigenvalue weighted by molar-refractivity contribution is 5.97. The largest absolute Gasteiger partial charge is 0.495 e. The summed E-state index contributed by atoms with van der Waals surface area (Å²) in [6, 6.07) is 12.6. The van der Waals surface area contributed by atoms with Crippen molar-refractivity contribution in [1.29, 1.82) is 0 Å². The molecule has 1 aliphatic rings. The first-order chi connectivity index (χ1) is 12.5. The van der Waals surface area contributed by atoms with Gasteiger partial charge >= 0.3 is 0 Å². The molecule has 2 aromatic carbocycles. The van der Waals surface area contributed by atoms with Crippen molar-refractivity contribution in [3.63, 3.8) is 0 Å². The fraction of sp³-hybridized carbons (Fsp3) is 0.300. The van der Waals surface area contributed by atoms with Gasteiger partial charge in [0, 0.05) is 5.56 Å². The van der Waals surface area contributed by atoms with Gasteiger partial charge in [-0.25, -0.2) is 0 Å². The van der Waals surface area contributed by atoms with E-state index in [1.54, 1.807) is 37.4 Å². The molecule has 0 bridgehead atoms. The first kappa shape index (κ1) is 17.8. The Balaban J connectivity index is 1.80. The lowest BCUT2D eigenvalue weighted by Gasteiger charge is -2.34. The third-order valence-corrected chi connectivity index (χ3v) is 4.23. The molecule has 1 aliphatic heterocycles. The summed E-state index contributed by atoms with van der Waals surface area (Å²) >= 11 is 0. The summed E-state index contributed by atoms with van der Waals surface area (Å²) < 4.78 is 11.1. The highest BCUT2D eigenvalue weighted by atomic mass is 16.5. The van der Waals surface area contributed by atoms with Crippen LogP contribution in [0.25, 0.3) is 0 Å². The van der Waals surface area contributed by atoms with E-state index in [0.717, 1.165) is 5.69 Å². The van der Waals surface area contributed by atoms with Crippen LogP contribution in [0.1, 0.15) is 24.2 Å². The molecule has 1 N–H and O–H groups in total. The number of Topliss-reactive ketones (excluding diaryl/α,β-unsaturated/α-hetero) is 1. The van der Waals surface area contributed by atoms with Gasteiger partial charge in [0.2, 0.25) is 5.91 Å². The van der Waals surface area contributed by atoms with Crippen molar-refractivity contribution < 1.29 is 19.1 Å². The number of benzene rings is 2. The van der Waals surface area contributed by atoms with Crippen LogP contribution >= 0.6 is 0 Å². The van der Waals surface area contributed by atoms with E-state index in [1.807, 2.05) is 24.0 Å². The molecule has 0 aliphatic carbocycles. The number of nitrogens with zero attached hydrogens (tertiary/aromatic N) is 1. The van der Waals surface area contributed by atoms with Gasteiger partial charge in [-0.2, -0.15) is 0 Å². The minimum Gasteiger partial charge on any atom is -0.495 e. The molecule has 0 fully saturated rings. The van der Waals surface area contributed by atoms with Crippen LogP contribution in [0.15, 0.2) is 42.5 Å². The Morgan fingerprint density at radius 3 is 2.77 bits per heavy atom. The van der Waals surface area contributed by atoms with Crippen LogP contribution in [0.3, 0.4) is 0 Å². The Kier molecular flexibility index (Phi) is 5.11. The van der Waals surface area contributed by atoms with Crippen LogP contribution in [-0.2, 0) is 4.79 Å². The minimum atomic E-state index is -0.164. The molecule has 1 heterocycles. The lowest BCUT2D eigenvalue weighted by Crippen LogP contribution is -2.42. The van der Waals surface area contributed by atoms with E-state index in [2.05, 4.69) is 5.32 Å². The lowest BCUT2D eigenvalue weighted by atomic mass is 10.1. The van der Waals surface area contributed by atoms with E-state index >= 15 is 0 Å². The molecule has 1 amide bonds. The zero-order valence-electron chi connectivity index (χ0n) is 15.1. The summed E-state index contributed by atoms with van der Waals surface area (Å²) in [5.74, 6) is 1.10. The number of hydrogen-bond donors (Lipinski definition) is 1. The number of para-hydroxylation sites is 2. The van der Waals surface area contributed by atoms with Gasteiger partial charge in [-0.15, -0.1) is 0 Å². The molecule has 1 unspecified atom stereocenters. The second kappa shape index (κ2) is 7.47. The van der Waals surface area contributed by atoms with Crippen LogP contribution in [-0.4, -0.2) is 38.0 Å². The minimum absolute atomic E-state index is 0.0233. The summed E-state index contributed by atoms with van der Waals surface area (Å²) in [6.45, 7) is 4.19. The smallest absolute Gasteiger partial charge is 0.243 e. The Labute approximate surface area is 152 Å². The summed E-state index contributed by atoms with van der Waals surface area (Å²) in [5.41, 5.74) is 1.97. The van der Waals surface area contributed by atoms with Gasteiger partial charge < -0.3 is 19.7 Å². The number of ether oxygens (including phenoxy) is 2. The average Bonchev–Trinajstić information content (AvgIpc) is 2.61. The standard InChI is InChI=1S/C20H22N2O4/c1-13-11-22(17-10-15(14(2)23)8-9-19(17)26-13)12-20(24)21-16-6-4-5-7-18(16)25-3/h4-10,13H,11-12H2,1-3H3,(H,21,24). The molecule has 6 heteroatoms. The average molecular weight is 354 g/mol. The lowest BCUT2D eigenvalue weighted by molar-refractivity contribution is -0.115. The molecule has 26 heavy (non-hydrogen) atoms. The first-order valence-electron chi connectivity index (χ1n) is 8.47. The highest BCUT2D eigenvalue weighted by Gasteiger charge is 2.25. The number of nitrogens with one attached hydrogen (secondary N) is 1. The molecule has 0 spiro atoms. The second-order valence-electron chi connectivity index (χ2n) is 6.30. The number of hydrogen-bond acceptors (Lipinski definition) is 5. The van der Waals surface area contributed by atoms with E-state index in [-0.39, 0.29) is 24.3 Å². The summed E-state index contributed by atoms with van der Waals surface area (Å²) in [5, 5.41) is 2.88. The Morgan fingerprint density at radius 1 is 1.27 bits per heavy atom. The van der Waals surface area contributed by atoms with Gasteiger partial charge in [0.15, 0.2) is 5.78 Å². The van der Waals surface area contributed by atoms with Gasteiger partial charge in [-0.1, -0.05) is 12.1 Å². The van der Waals surface area contributed by atoms with E-state index < -0.39 is 0 Å². The summed E-state index contributed by atoms with van der Waals surface area (Å²) in [6.07, 6.45) is -0.0512. The van der Waals surface area contributed by atoms with Crippen LogP contribution in [0.4, 0.5) is 11.4 Å². The monoisotopic (exact) mass is 354 g/mol. The number of carbonyl (C=O) groups is 2. The number of anilines is 2. The number of methoxy groups -OCH3 is 1. The predicted molar refractivity (Wildman–Crippen MR) is 100 cm³/mol. The SMILES string of the molecule is COc1ccccc1NC(=O)CN1CC(C)Oc2ccc(C(C)=O)cc21. The molecule has 0 aromatic heterocycles. The van der Waals surface area contributed by atoms with Crippen molar-refractivity contribution in [3.8, 4) is 11.5 Å². The van der Waals surface area contributed by atoms with Crippen molar-refractivity contribution in [2.45, 2.75) is 20.0 Å². The number of amides is 1. The molecule has 2 aromatic rings. The van der Waals surface area contributed by atoms with Gasteiger partial charge in [0.1, 0.15) is 17.6 Å². The van der Waals surface area contributed by atoms with Crippen LogP contribution in [0.5, 0.6) is 11.5 Å². The van der Waals surface area contributed by atoms with Gasteiger partial charge in [-0.3, -0.25) is 9.59 Å². The Hall–Kier alpha value is -3.02. The molecule has 0 saturated carbocycles. The van der Waals surface area contributed by atoms with E-state index in [9.17, 15) is 9.59 Å². The topological polar surface area (TPSA) is 67.9 Å². The molecule has 1 atom stereocenters. The molecule has 0 saturated heterocycles. The van der Waals surface area contributed by atoms with Crippen molar-refractivity contribution in [2.75, 3.05) is 30.4 Å². The summed E-state index contributed by atoms with van der Waals surface area (Å²) in [4.78, 5) is 26.2. The molecule has 136 valence electrons. The second-order valence-corrected chi connectivity index (χ2v) is 6.30. The molecular weight excluding hydrogens is 332 g/mol. The van der Waals surface area contributed by atoms with Crippen molar-refractivity contribution in [2.24, 2.45) is 0 Å². The summed E-state index contributed by atoms with van der Waals surface area (Å²) in [7, 11) is 1.56. The number of ketones is 1. The fourth-order valence-corrected chi connectivity index (χ4v) is 3.01. The van der Waals surface area contributed by atoms with Crippen molar-refractivity contribution >= 4 is 23.1 Å². The quantitative estimate of drug-likeness (QED) is 0.836. The normalized spacial score (nSPS) is 15.7. The van der Waals surface area contributed by atoms with Crippen LogP contribution in [0, 0.1) is 0 Å². The number of fused-ring (bicyclic) bond motifs is 1. The Bertz CT molecular complexity index is 834. The fourth-order valence-electron chi connectivity index (χ4n) is 3.01. The van der Waals surface area contributed by atoms with Crippen molar-refractivity contribution in [1.82, 2.24) is 0 Å². The van der Waals surface area contributed by atoms with Gasteiger partial charge in [0.25, 0.3) is 0 Å². The van der Waals surface area contributed by atoms with Crippen molar-refractivity contribution in [3.05, 3.63) is 48.0 Å². The van der Waals surface area contributed by atoms with Crippen LogP contribution < -0.4 is 19.7 Å². The van der Waals surface area contributed by atoms with Crippen LogP contribution in [0.2, 0.25) is 0 Å². The zero-order valence-corrected chi connectivity index (χ0v) is 15.1. The molecular formula is C20H22N2O4.